The fourth-order valence-electron chi connectivity index (χ4n) is 1.47. The lowest BCUT2D eigenvalue weighted by Crippen LogP contribution is -1.96. The van der Waals surface area contributed by atoms with E-state index >= 15 is 0 Å². The first-order valence-electron chi connectivity index (χ1n) is 4.75. The maximum absolute atomic E-state index is 13.1. The Morgan fingerprint density at radius 3 is 2.44 bits per heavy atom. The van der Waals surface area contributed by atoms with Crippen molar-refractivity contribution in [1.29, 1.82) is 0 Å². The van der Waals surface area contributed by atoms with Crippen molar-refractivity contribution in [2.75, 3.05) is 0 Å². The van der Waals surface area contributed by atoms with Crippen molar-refractivity contribution in [3.8, 4) is 11.1 Å². The smallest absolute Gasteiger partial charge is 0.258 e. The third kappa shape index (κ3) is 2.27. The summed E-state index contributed by atoms with van der Waals surface area (Å²) in [6.07, 6.45) is 1.15. The van der Waals surface area contributed by atoms with Gasteiger partial charge in [-0.15, -0.1) is 0 Å². The molecule has 0 bridgehead atoms. The molecule has 0 amide bonds. The number of hydrogen-bond acceptors (Lipinski definition) is 3. The number of rotatable bonds is 2. The summed E-state index contributed by atoms with van der Waals surface area (Å²) in [5.74, 6) is -1.15. The molecular formula is C11H5Cl2FN2O2. The maximum Gasteiger partial charge on any atom is 0.324 e. The molecule has 0 aliphatic heterocycles. The predicted octanol–water partition coefficient (Wildman–Crippen LogP) is 4.10. The summed E-state index contributed by atoms with van der Waals surface area (Å²) < 4.78 is 13.1. The van der Waals surface area contributed by atoms with Crippen LogP contribution < -0.4 is 0 Å². The number of nitro groups is 1. The molecule has 0 saturated heterocycles. The fourth-order valence-corrected chi connectivity index (χ4v) is 2.09. The molecule has 2 aromatic rings. The molecule has 1 aromatic carbocycles. The quantitative estimate of drug-likeness (QED) is 0.474. The van der Waals surface area contributed by atoms with Gasteiger partial charge in [0.15, 0.2) is 0 Å². The van der Waals surface area contributed by atoms with Crippen molar-refractivity contribution in [1.82, 2.24) is 4.98 Å². The lowest BCUT2D eigenvalue weighted by molar-refractivity contribution is -0.388. The van der Waals surface area contributed by atoms with Crippen LogP contribution in [-0.4, -0.2) is 9.91 Å². The molecule has 0 N–H and O–H groups in total. The van der Waals surface area contributed by atoms with Crippen LogP contribution in [0.2, 0.25) is 10.0 Å². The molecule has 0 spiro atoms. The summed E-state index contributed by atoms with van der Waals surface area (Å²) in [6, 6.07) is 5.85. The van der Waals surface area contributed by atoms with Gasteiger partial charge in [-0.1, -0.05) is 29.3 Å². The largest absolute Gasteiger partial charge is 0.324 e. The van der Waals surface area contributed by atoms with Gasteiger partial charge >= 0.3 is 5.69 Å². The van der Waals surface area contributed by atoms with Crippen LogP contribution in [0, 0.1) is 16.1 Å². The first-order chi connectivity index (χ1) is 8.50. The first-order valence-corrected chi connectivity index (χ1v) is 5.50. The molecular weight excluding hydrogens is 282 g/mol. The normalized spacial score (nSPS) is 10.4. The zero-order valence-electron chi connectivity index (χ0n) is 8.73. The molecule has 0 fully saturated rings. The molecule has 7 heteroatoms. The predicted molar refractivity (Wildman–Crippen MR) is 66.3 cm³/mol. The number of benzene rings is 1. The minimum absolute atomic E-state index is 0.290. The van der Waals surface area contributed by atoms with E-state index in [9.17, 15) is 14.5 Å². The highest BCUT2D eigenvalue weighted by atomic mass is 35.5. The van der Waals surface area contributed by atoms with Gasteiger partial charge in [0, 0.05) is 33.4 Å². The Balaban J connectivity index is 2.65. The number of hydrogen-bond donors (Lipinski definition) is 0. The minimum Gasteiger partial charge on any atom is -0.258 e. The molecule has 0 radical (unpaired) electrons. The lowest BCUT2D eigenvalue weighted by atomic mass is 10.1. The average Bonchev–Trinajstić information content (AvgIpc) is 2.30. The molecule has 0 unspecified atom stereocenters. The second kappa shape index (κ2) is 4.88. The van der Waals surface area contributed by atoms with Crippen LogP contribution in [0.4, 0.5) is 10.1 Å². The van der Waals surface area contributed by atoms with E-state index in [1.807, 2.05) is 0 Å². The first kappa shape index (κ1) is 12.7. The van der Waals surface area contributed by atoms with Gasteiger partial charge in [0.1, 0.15) is 0 Å². The lowest BCUT2D eigenvalue weighted by Gasteiger charge is -2.06. The van der Waals surface area contributed by atoms with Gasteiger partial charge < -0.3 is 0 Å². The van der Waals surface area contributed by atoms with E-state index < -0.39 is 16.6 Å². The van der Waals surface area contributed by atoms with Gasteiger partial charge in [0.05, 0.1) is 4.92 Å². The van der Waals surface area contributed by atoms with Gasteiger partial charge in [-0.25, -0.2) is 4.98 Å². The van der Waals surface area contributed by atoms with Crippen LogP contribution in [0.3, 0.4) is 0 Å². The van der Waals surface area contributed by atoms with Crippen LogP contribution in [0.5, 0.6) is 0 Å². The van der Waals surface area contributed by atoms with E-state index in [1.54, 1.807) is 18.2 Å². The molecule has 92 valence electrons. The average molecular weight is 287 g/mol. The van der Waals surface area contributed by atoms with Crippen molar-refractivity contribution in [2.24, 2.45) is 0 Å². The van der Waals surface area contributed by atoms with Gasteiger partial charge in [0.2, 0.25) is 0 Å². The zero-order chi connectivity index (χ0) is 13.3. The van der Waals surface area contributed by atoms with Gasteiger partial charge in [0.25, 0.3) is 5.95 Å². The minimum atomic E-state index is -1.15. The summed E-state index contributed by atoms with van der Waals surface area (Å²) in [5, 5.41) is 11.3. The monoisotopic (exact) mass is 286 g/mol. The molecule has 2 rings (SSSR count). The van der Waals surface area contributed by atoms with E-state index in [0.717, 1.165) is 12.3 Å². The van der Waals surface area contributed by atoms with E-state index in [4.69, 9.17) is 23.2 Å². The SMILES string of the molecule is O=[N+]([O-])c1cc(-c2c(Cl)cccc2Cl)cnc1F. The Bertz CT molecular complexity index is 614. The molecule has 18 heavy (non-hydrogen) atoms. The number of aromatic nitrogens is 1. The molecule has 1 aromatic heterocycles. The van der Waals surface area contributed by atoms with Gasteiger partial charge in [-0.2, -0.15) is 4.39 Å². The Morgan fingerprint density at radius 2 is 1.89 bits per heavy atom. The number of halogens is 3. The summed E-state index contributed by atoms with van der Waals surface area (Å²) in [5.41, 5.74) is -0.0429. The Kier molecular flexibility index (Phi) is 3.45. The van der Waals surface area contributed by atoms with Crippen molar-refractivity contribution < 1.29 is 9.31 Å². The van der Waals surface area contributed by atoms with E-state index in [0.29, 0.717) is 21.2 Å². The van der Waals surface area contributed by atoms with Crippen molar-refractivity contribution >= 4 is 28.9 Å². The highest BCUT2D eigenvalue weighted by Crippen LogP contribution is 2.35. The Morgan fingerprint density at radius 1 is 1.28 bits per heavy atom. The van der Waals surface area contributed by atoms with Crippen molar-refractivity contribution in [3.05, 3.63) is 56.6 Å². The van der Waals surface area contributed by atoms with E-state index in [2.05, 4.69) is 4.98 Å². The van der Waals surface area contributed by atoms with Crippen LogP contribution >= 0.6 is 23.2 Å². The fraction of sp³-hybridized carbons (Fsp3) is 0. The van der Waals surface area contributed by atoms with E-state index in [-0.39, 0.29) is 0 Å². The second-order valence-corrected chi connectivity index (χ2v) is 4.20. The molecule has 0 aliphatic carbocycles. The van der Waals surface area contributed by atoms with Crippen molar-refractivity contribution in [2.45, 2.75) is 0 Å². The molecule has 0 aliphatic rings. The number of nitrogens with zero attached hydrogens (tertiary/aromatic N) is 2. The summed E-state index contributed by atoms with van der Waals surface area (Å²) in [4.78, 5) is 13.1. The third-order valence-electron chi connectivity index (χ3n) is 2.27. The standard InChI is InChI=1S/C11H5Cl2FN2O2/c12-7-2-1-3-8(13)10(7)6-4-9(16(17)18)11(14)15-5-6/h1-5H. The van der Waals surface area contributed by atoms with Crippen LogP contribution in [0.25, 0.3) is 11.1 Å². The van der Waals surface area contributed by atoms with Crippen LogP contribution in [0.1, 0.15) is 0 Å². The molecule has 0 saturated carbocycles. The highest BCUT2D eigenvalue weighted by Gasteiger charge is 2.18. The zero-order valence-corrected chi connectivity index (χ0v) is 10.2. The van der Waals surface area contributed by atoms with Crippen LogP contribution in [0.15, 0.2) is 30.5 Å². The Hall–Kier alpha value is -1.72. The number of pyridine rings is 1. The van der Waals surface area contributed by atoms with Crippen LogP contribution in [-0.2, 0) is 0 Å². The second-order valence-electron chi connectivity index (χ2n) is 3.39. The summed E-state index contributed by atoms with van der Waals surface area (Å²) >= 11 is 11.9. The maximum atomic E-state index is 13.1. The van der Waals surface area contributed by atoms with Gasteiger partial charge in [-0.05, 0) is 12.1 Å². The topological polar surface area (TPSA) is 56.0 Å². The summed E-state index contributed by atoms with van der Waals surface area (Å²) in [6.45, 7) is 0. The molecule has 0 atom stereocenters. The van der Waals surface area contributed by atoms with E-state index in [1.165, 1.54) is 0 Å². The molecule has 4 nitrogen and oxygen atoms in total. The molecule has 1 heterocycles. The Labute approximate surface area is 111 Å². The van der Waals surface area contributed by atoms with Crippen molar-refractivity contribution in [3.63, 3.8) is 0 Å². The highest BCUT2D eigenvalue weighted by molar-refractivity contribution is 6.39. The third-order valence-corrected chi connectivity index (χ3v) is 2.90. The van der Waals surface area contributed by atoms with Gasteiger partial charge in [-0.3, -0.25) is 10.1 Å². The summed E-state index contributed by atoms with van der Waals surface area (Å²) in [7, 11) is 0.